The van der Waals surface area contributed by atoms with Crippen LogP contribution in [0.3, 0.4) is 0 Å². The predicted molar refractivity (Wildman–Crippen MR) is 93.8 cm³/mol. The van der Waals surface area contributed by atoms with E-state index in [1.165, 1.54) is 10.0 Å². The Balaban J connectivity index is 2.03. The fourth-order valence-electron chi connectivity index (χ4n) is 2.27. The third kappa shape index (κ3) is 4.23. The van der Waals surface area contributed by atoms with Gasteiger partial charge in [0.2, 0.25) is 0 Å². The number of nitrogens with one attached hydrogen (secondary N) is 2. The third-order valence-electron chi connectivity index (χ3n) is 3.22. The molecule has 8 nitrogen and oxygen atoms in total. The SMILES string of the molecule is CC(C)CC(=O)OC1NC(=S)N2C(OC(=O)CC(C)C)NC(=S)N12. The second kappa shape index (κ2) is 7.47. The largest absolute Gasteiger partial charge is 0.421 e. The van der Waals surface area contributed by atoms with Crippen molar-refractivity contribution < 1.29 is 19.1 Å². The van der Waals surface area contributed by atoms with Crippen LogP contribution in [-0.4, -0.2) is 44.9 Å². The van der Waals surface area contributed by atoms with Gasteiger partial charge in [0.05, 0.1) is 0 Å². The summed E-state index contributed by atoms with van der Waals surface area (Å²) in [4.78, 5) is 23.8. The Morgan fingerprint density at radius 2 is 1.25 bits per heavy atom. The van der Waals surface area contributed by atoms with Gasteiger partial charge in [-0.3, -0.25) is 9.59 Å². The van der Waals surface area contributed by atoms with E-state index in [1.807, 2.05) is 27.7 Å². The number of fused-ring (bicyclic) bond motifs is 1. The Bertz CT molecular complexity index is 507. The molecule has 2 rings (SSSR count). The Labute approximate surface area is 151 Å². The topological polar surface area (TPSA) is 83.1 Å². The van der Waals surface area contributed by atoms with Gasteiger partial charge in [0.25, 0.3) is 12.7 Å². The van der Waals surface area contributed by atoms with Gasteiger partial charge in [0, 0.05) is 12.8 Å². The lowest BCUT2D eigenvalue weighted by atomic mass is 10.1. The van der Waals surface area contributed by atoms with E-state index in [2.05, 4.69) is 10.6 Å². The number of esters is 2. The summed E-state index contributed by atoms with van der Waals surface area (Å²) in [6.07, 6.45) is -1.13. The van der Waals surface area contributed by atoms with E-state index in [-0.39, 0.29) is 46.8 Å². The molecule has 0 amide bonds. The van der Waals surface area contributed by atoms with Gasteiger partial charge in [-0.2, -0.15) is 10.0 Å². The van der Waals surface area contributed by atoms with E-state index < -0.39 is 12.7 Å². The molecule has 0 aromatic rings. The smallest absolute Gasteiger partial charge is 0.309 e. The van der Waals surface area contributed by atoms with Crippen molar-refractivity contribution in [3.05, 3.63) is 0 Å². The van der Waals surface area contributed by atoms with Gasteiger partial charge >= 0.3 is 11.9 Å². The second-order valence-electron chi connectivity index (χ2n) is 6.47. The maximum atomic E-state index is 11.9. The molecule has 2 atom stereocenters. The summed E-state index contributed by atoms with van der Waals surface area (Å²) in [5, 5.41) is 9.15. The van der Waals surface area contributed by atoms with Gasteiger partial charge in [-0.25, -0.2) is 0 Å². The minimum atomic E-state index is -0.849. The molecule has 2 fully saturated rings. The second-order valence-corrected chi connectivity index (χ2v) is 7.24. The lowest BCUT2D eigenvalue weighted by Gasteiger charge is -2.25. The van der Waals surface area contributed by atoms with Crippen molar-refractivity contribution >= 4 is 46.6 Å². The number of thiocarbonyl (C=S) groups is 2. The van der Waals surface area contributed by atoms with Crippen LogP contribution in [0.5, 0.6) is 0 Å². The first-order valence-electron chi connectivity index (χ1n) is 7.77. The minimum Gasteiger partial charge on any atom is -0.421 e. The molecule has 2 aliphatic heterocycles. The first-order chi connectivity index (χ1) is 11.2. The molecular formula is C14H22N4O4S2. The number of rotatable bonds is 6. The molecule has 0 aromatic heterocycles. The standard InChI is InChI=1S/C14H22N4O4S2/c1-7(2)5-9(19)21-11-15-13(23)18-12(16-14(24)17(11)18)22-10(20)6-8(3)4/h7-8,11-12H,5-6H2,1-4H3,(H,15,23)(H,16,24). The zero-order valence-electron chi connectivity index (χ0n) is 14.1. The van der Waals surface area contributed by atoms with E-state index in [1.54, 1.807) is 0 Å². The molecule has 2 unspecified atom stereocenters. The van der Waals surface area contributed by atoms with Crippen molar-refractivity contribution in [2.24, 2.45) is 11.8 Å². The molecule has 10 heteroatoms. The van der Waals surface area contributed by atoms with Crippen LogP contribution in [0.15, 0.2) is 0 Å². The number of hydrogen-bond donors (Lipinski definition) is 2. The summed E-state index contributed by atoms with van der Waals surface area (Å²) in [5.74, 6) is -0.379. The summed E-state index contributed by atoms with van der Waals surface area (Å²) in [7, 11) is 0. The van der Waals surface area contributed by atoms with Crippen LogP contribution in [0.2, 0.25) is 0 Å². The van der Waals surface area contributed by atoms with Gasteiger partial charge in [-0.15, -0.1) is 0 Å². The molecule has 0 spiro atoms. The molecule has 2 saturated heterocycles. The number of nitrogens with zero attached hydrogens (tertiary/aromatic N) is 2. The van der Waals surface area contributed by atoms with E-state index in [0.29, 0.717) is 0 Å². The molecule has 0 saturated carbocycles. The molecule has 134 valence electrons. The van der Waals surface area contributed by atoms with Gasteiger partial charge in [-0.05, 0) is 36.3 Å². The molecule has 0 radical (unpaired) electrons. The van der Waals surface area contributed by atoms with Crippen LogP contribution in [0, 0.1) is 11.8 Å². The van der Waals surface area contributed by atoms with Crippen molar-refractivity contribution in [1.82, 2.24) is 20.7 Å². The van der Waals surface area contributed by atoms with Crippen LogP contribution in [-0.2, 0) is 19.1 Å². The lowest BCUT2D eigenvalue weighted by molar-refractivity contribution is -0.173. The molecule has 2 heterocycles. The highest BCUT2D eigenvalue weighted by Gasteiger charge is 2.49. The highest BCUT2D eigenvalue weighted by atomic mass is 32.1. The predicted octanol–water partition coefficient (Wildman–Crippen LogP) is 1.03. The quantitative estimate of drug-likeness (QED) is 0.519. The number of carbonyl (C=O) groups is 2. The average molecular weight is 374 g/mol. The maximum Gasteiger partial charge on any atom is 0.309 e. The normalized spacial score (nSPS) is 22.6. The zero-order valence-corrected chi connectivity index (χ0v) is 15.7. The molecule has 2 N–H and O–H groups in total. The van der Waals surface area contributed by atoms with E-state index in [9.17, 15) is 9.59 Å². The Morgan fingerprint density at radius 1 is 0.917 bits per heavy atom. The van der Waals surface area contributed by atoms with Gasteiger partial charge in [-0.1, -0.05) is 27.7 Å². The molecule has 0 bridgehead atoms. The summed E-state index contributed by atoms with van der Waals surface area (Å²) < 4.78 is 10.7. The molecule has 0 aromatic carbocycles. The molecule has 0 aliphatic carbocycles. The monoisotopic (exact) mass is 374 g/mol. The summed E-state index contributed by atoms with van der Waals surface area (Å²) >= 11 is 10.5. The molecule has 24 heavy (non-hydrogen) atoms. The maximum absolute atomic E-state index is 11.9. The highest BCUT2D eigenvalue weighted by Crippen LogP contribution is 2.23. The highest BCUT2D eigenvalue weighted by molar-refractivity contribution is 7.80. The number of ether oxygens (including phenoxy) is 2. The Kier molecular flexibility index (Phi) is 5.81. The van der Waals surface area contributed by atoms with Gasteiger partial charge in [0.15, 0.2) is 10.2 Å². The van der Waals surface area contributed by atoms with Crippen molar-refractivity contribution in [3.8, 4) is 0 Å². The number of hydrogen-bond acceptors (Lipinski definition) is 6. The van der Waals surface area contributed by atoms with E-state index in [4.69, 9.17) is 33.9 Å². The minimum absolute atomic E-state index is 0.176. The van der Waals surface area contributed by atoms with Crippen molar-refractivity contribution in [2.45, 2.75) is 53.2 Å². The summed E-state index contributed by atoms with van der Waals surface area (Å²) in [6, 6.07) is 0. The van der Waals surface area contributed by atoms with Crippen LogP contribution in [0.25, 0.3) is 0 Å². The summed E-state index contributed by atoms with van der Waals surface area (Å²) in [5.41, 5.74) is 0. The Morgan fingerprint density at radius 3 is 1.54 bits per heavy atom. The van der Waals surface area contributed by atoms with Crippen molar-refractivity contribution in [2.75, 3.05) is 0 Å². The lowest BCUT2D eigenvalue weighted by Crippen LogP contribution is -2.44. The third-order valence-corrected chi connectivity index (χ3v) is 3.83. The van der Waals surface area contributed by atoms with E-state index >= 15 is 0 Å². The number of hydrazine groups is 1. The first kappa shape index (κ1) is 18.7. The number of carbonyl (C=O) groups excluding carboxylic acids is 2. The van der Waals surface area contributed by atoms with Crippen molar-refractivity contribution in [3.63, 3.8) is 0 Å². The van der Waals surface area contributed by atoms with E-state index in [0.717, 1.165) is 0 Å². The fraction of sp³-hybridized carbons (Fsp3) is 0.714. The average Bonchev–Trinajstić information content (AvgIpc) is 2.88. The van der Waals surface area contributed by atoms with Gasteiger partial charge in [0.1, 0.15) is 0 Å². The zero-order chi connectivity index (χ0) is 18.0. The molecule has 2 aliphatic rings. The molecular weight excluding hydrogens is 352 g/mol. The fourth-order valence-corrected chi connectivity index (χ4v) is 2.84. The van der Waals surface area contributed by atoms with Crippen LogP contribution in [0.4, 0.5) is 0 Å². The summed E-state index contributed by atoms with van der Waals surface area (Å²) in [6.45, 7) is 7.69. The Hall–Kier alpha value is -1.68. The first-order valence-corrected chi connectivity index (χ1v) is 8.59. The van der Waals surface area contributed by atoms with Gasteiger partial charge < -0.3 is 20.1 Å². The van der Waals surface area contributed by atoms with Crippen LogP contribution in [0.1, 0.15) is 40.5 Å². The van der Waals surface area contributed by atoms with Crippen LogP contribution >= 0.6 is 24.4 Å². The van der Waals surface area contributed by atoms with Crippen LogP contribution < -0.4 is 10.6 Å². The van der Waals surface area contributed by atoms with Crippen molar-refractivity contribution in [1.29, 1.82) is 0 Å².